The van der Waals surface area contributed by atoms with Crippen molar-refractivity contribution in [3.63, 3.8) is 0 Å². The summed E-state index contributed by atoms with van der Waals surface area (Å²) in [6, 6.07) is 15.9. The van der Waals surface area contributed by atoms with Crippen molar-refractivity contribution in [1.29, 1.82) is 0 Å². The number of anilines is 1. The fourth-order valence-electron chi connectivity index (χ4n) is 4.29. The van der Waals surface area contributed by atoms with Gasteiger partial charge in [-0.1, -0.05) is 25.1 Å². The van der Waals surface area contributed by atoms with Crippen LogP contribution in [-0.2, 0) is 17.7 Å². The van der Waals surface area contributed by atoms with E-state index in [0.29, 0.717) is 30.4 Å². The van der Waals surface area contributed by atoms with Crippen molar-refractivity contribution in [2.24, 2.45) is 0 Å². The summed E-state index contributed by atoms with van der Waals surface area (Å²) in [6.07, 6.45) is 0.909. The smallest absolute Gasteiger partial charge is 0.253 e. The number of nitrogens with zero attached hydrogens (tertiary/aromatic N) is 2. The number of aryl methyl sites for hydroxylation is 1. The molecule has 1 aliphatic heterocycles. The van der Waals surface area contributed by atoms with E-state index >= 15 is 0 Å². The minimum absolute atomic E-state index is 0.102. The van der Waals surface area contributed by atoms with Gasteiger partial charge in [-0.05, 0) is 61.5 Å². The molecular weight excluding hydrogens is 460 g/mol. The van der Waals surface area contributed by atoms with Crippen LogP contribution < -0.4 is 15.6 Å². The van der Waals surface area contributed by atoms with E-state index in [1.54, 1.807) is 0 Å². The third kappa shape index (κ3) is 6.60. The second-order valence-electron chi connectivity index (χ2n) is 8.62. The molecule has 4 rings (SSSR count). The van der Waals surface area contributed by atoms with Gasteiger partial charge in [0.05, 0.1) is 26.4 Å². The fourth-order valence-corrected chi connectivity index (χ4v) is 4.56. The first-order valence-corrected chi connectivity index (χ1v) is 12.7. The van der Waals surface area contributed by atoms with Crippen molar-refractivity contribution in [1.82, 2.24) is 14.8 Å². The number of H-pyrrole nitrogens is 1. The molecule has 0 radical (unpaired) electrons. The Kier molecular flexibility index (Phi) is 8.74. The highest BCUT2D eigenvalue weighted by Gasteiger charge is 2.17. The third-order valence-corrected chi connectivity index (χ3v) is 6.64. The lowest BCUT2D eigenvalue weighted by Gasteiger charge is -2.31. The highest BCUT2D eigenvalue weighted by Crippen LogP contribution is 2.21. The Hall–Kier alpha value is -2.94. The SMILES string of the molecule is CCOc1ccc2[nH]c(=O)c(CN(CCN3CCOCC3)C(=S)Nc3ccccc3CC)cc2c1. The Labute approximate surface area is 212 Å². The highest BCUT2D eigenvalue weighted by molar-refractivity contribution is 7.80. The van der Waals surface area contributed by atoms with E-state index in [-0.39, 0.29) is 5.56 Å². The first-order chi connectivity index (χ1) is 17.1. The molecule has 0 saturated carbocycles. The number of ether oxygens (including phenoxy) is 2. The van der Waals surface area contributed by atoms with Gasteiger partial charge in [-0.15, -0.1) is 0 Å². The monoisotopic (exact) mass is 494 g/mol. The summed E-state index contributed by atoms with van der Waals surface area (Å²) in [4.78, 5) is 20.4. The predicted octanol–water partition coefficient (Wildman–Crippen LogP) is 4.02. The number of benzene rings is 2. The molecule has 1 aliphatic rings. The third-order valence-electron chi connectivity index (χ3n) is 6.28. The maximum absolute atomic E-state index is 13.0. The standard InChI is InChI=1S/C27H34N4O3S/c1-3-20-7-5-6-8-24(20)29-27(35)31(12-11-30-13-15-33-16-14-30)19-22-17-21-18-23(34-4-2)9-10-25(21)28-26(22)32/h5-10,17-18H,3-4,11-16,19H2,1-2H3,(H,28,32)(H,29,35). The van der Waals surface area contributed by atoms with Crippen LogP contribution in [-0.4, -0.2) is 65.9 Å². The number of rotatable bonds is 9. The molecule has 2 heterocycles. The second kappa shape index (κ2) is 12.2. The van der Waals surface area contributed by atoms with Gasteiger partial charge in [0.25, 0.3) is 5.56 Å². The van der Waals surface area contributed by atoms with Gasteiger partial charge in [0.2, 0.25) is 0 Å². The molecular formula is C27H34N4O3S. The molecule has 0 amide bonds. The maximum atomic E-state index is 13.0. The summed E-state index contributed by atoms with van der Waals surface area (Å²) < 4.78 is 11.1. The number of morpholine rings is 1. The molecule has 3 aromatic rings. The lowest BCUT2D eigenvalue weighted by atomic mass is 10.1. The average Bonchev–Trinajstić information content (AvgIpc) is 2.88. The molecule has 1 saturated heterocycles. The Balaban J connectivity index is 1.58. The minimum Gasteiger partial charge on any atom is -0.494 e. The number of aromatic nitrogens is 1. The van der Waals surface area contributed by atoms with Gasteiger partial charge < -0.3 is 24.7 Å². The van der Waals surface area contributed by atoms with Gasteiger partial charge in [0, 0.05) is 48.3 Å². The second-order valence-corrected chi connectivity index (χ2v) is 9.01. The quantitative estimate of drug-likeness (QED) is 0.436. The molecule has 0 spiro atoms. The van der Waals surface area contributed by atoms with E-state index < -0.39 is 0 Å². The molecule has 0 bridgehead atoms. The summed E-state index contributed by atoms with van der Waals surface area (Å²) >= 11 is 5.86. The highest BCUT2D eigenvalue weighted by atomic mass is 32.1. The van der Waals surface area contributed by atoms with Crippen molar-refractivity contribution >= 4 is 33.9 Å². The van der Waals surface area contributed by atoms with Gasteiger partial charge in [-0.3, -0.25) is 9.69 Å². The molecule has 1 fully saturated rings. The summed E-state index contributed by atoms with van der Waals surface area (Å²) in [7, 11) is 0. The van der Waals surface area contributed by atoms with Crippen molar-refractivity contribution in [2.45, 2.75) is 26.8 Å². The average molecular weight is 495 g/mol. The van der Waals surface area contributed by atoms with E-state index in [0.717, 1.165) is 61.6 Å². The first-order valence-electron chi connectivity index (χ1n) is 12.3. The lowest BCUT2D eigenvalue weighted by molar-refractivity contribution is 0.0358. The first kappa shape index (κ1) is 25.2. The Morgan fingerprint density at radius 2 is 1.94 bits per heavy atom. The van der Waals surface area contributed by atoms with Crippen LogP contribution in [0.15, 0.2) is 53.3 Å². The lowest BCUT2D eigenvalue weighted by Crippen LogP contribution is -2.44. The predicted molar refractivity (Wildman–Crippen MR) is 145 cm³/mol. The van der Waals surface area contributed by atoms with Gasteiger partial charge >= 0.3 is 0 Å². The van der Waals surface area contributed by atoms with E-state index in [2.05, 4.69) is 33.1 Å². The summed E-state index contributed by atoms with van der Waals surface area (Å²) in [5.74, 6) is 0.788. The Morgan fingerprint density at radius 1 is 1.14 bits per heavy atom. The molecule has 7 nitrogen and oxygen atoms in total. The van der Waals surface area contributed by atoms with Crippen LogP contribution in [0.3, 0.4) is 0 Å². The minimum atomic E-state index is -0.102. The van der Waals surface area contributed by atoms with Gasteiger partial charge in [0.1, 0.15) is 5.75 Å². The maximum Gasteiger partial charge on any atom is 0.253 e. The topological polar surface area (TPSA) is 69.8 Å². The summed E-state index contributed by atoms with van der Waals surface area (Å²) in [6.45, 7) is 9.96. The van der Waals surface area contributed by atoms with Crippen LogP contribution >= 0.6 is 12.2 Å². The van der Waals surface area contributed by atoms with E-state index in [9.17, 15) is 4.79 Å². The normalized spacial score (nSPS) is 14.1. The van der Waals surface area contributed by atoms with Crippen LogP contribution in [0.4, 0.5) is 5.69 Å². The zero-order valence-corrected chi connectivity index (χ0v) is 21.3. The molecule has 2 N–H and O–H groups in total. The Morgan fingerprint density at radius 3 is 2.71 bits per heavy atom. The number of para-hydroxylation sites is 1. The molecule has 8 heteroatoms. The van der Waals surface area contributed by atoms with Crippen LogP contribution in [0.2, 0.25) is 0 Å². The summed E-state index contributed by atoms with van der Waals surface area (Å²) in [5.41, 5.74) is 3.57. The molecule has 0 aliphatic carbocycles. The van der Waals surface area contributed by atoms with Crippen LogP contribution in [0.5, 0.6) is 5.75 Å². The number of nitrogens with one attached hydrogen (secondary N) is 2. The Bertz CT molecular complexity index is 1210. The van der Waals surface area contributed by atoms with Crippen molar-refractivity contribution in [3.8, 4) is 5.75 Å². The molecule has 2 aromatic carbocycles. The van der Waals surface area contributed by atoms with Crippen LogP contribution in [0.1, 0.15) is 25.0 Å². The van der Waals surface area contributed by atoms with E-state index in [1.165, 1.54) is 5.56 Å². The largest absolute Gasteiger partial charge is 0.494 e. The number of pyridine rings is 1. The number of hydrogen-bond donors (Lipinski definition) is 2. The number of thiocarbonyl (C=S) groups is 1. The molecule has 0 atom stereocenters. The zero-order chi connectivity index (χ0) is 24.6. The van der Waals surface area contributed by atoms with Crippen molar-refractivity contribution in [2.75, 3.05) is 51.3 Å². The van der Waals surface area contributed by atoms with Crippen molar-refractivity contribution < 1.29 is 9.47 Å². The summed E-state index contributed by atoms with van der Waals surface area (Å²) in [5, 5.41) is 4.99. The van der Waals surface area contributed by atoms with Crippen LogP contribution in [0.25, 0.3) is 10.9 Å². The van der Waals surface area contributed by atoms with Gasteiger partial charge in [-0.2, -0.15) is 0 Å². The fraction of sp³-hybridized carbons (Fsp3) is 0.407. The number of aromatic amines is 1. The molecule has 186 valence electrons. The van der Waals surface area contributed by atoms with Gasteiger partial charge in [0.15, 0.2) is 5.11 Å². The van der Waals surface area contributed by atoms with E-state index in [4.69, 9.17) is 21.7 Å². The van der Waals surface area contributed by atoms with Crippen LogP contribution in [0, 0.1) is 0 Å². The molecule has 35 heavy (non-hydrogen) atoms. The molecule has 0 unspecified atom stereocenters. The van der Waals surface area contributed by atoms with E-state index in [1.807, 2.05) is 49.4 Å². The zero-order valence-electron chi connectivity index (χ0n) is 20.5. The van der Waals surface area contributed by atoms with Crippen molar-refractivity contribution in [3.05, 3.63) is 70.0 Å². The van der Waals surface area contributed by atoms with Gasteiger partial charge in [-0.25, -0.2) is 0 Å². The number of fused-ring (bicyclic) bond motifs is 1. The number of hydrogen-bond acceptors (Lipinski definition) is 5. The molecule has 1 aromatic heterocycles.